The third-order valence-corrected chi connectivity index (χ3v) is 4.93. The van der Waals surface area contributed by atoms with Gasteiger partial charge in [-0.15, -0.1) is 0 Å². The average molecular weight is 280 g/mol. The molecule has 0 aromatic rings. The molecule has 1 aliphatic carbocycles. The van der Waals surface area contributed by atoms with Crippen LogP contribution in [0.3, 0.4) is 0 Å². The predicted molar refractivity (Wildman–Crippen MR) is 88.2 cm³/mol. The summed E-state index contributed by atoms with van der Waals surface area (Å²) in [7, 11) is 0. The summed E-state index contributed by atoms with van der Waals surface area (Å²) in [5.41, 5.74) is 0. The van der Waals surface area contributed by atoms with Crippen molar-refractivity contribution in [3.05, 3.63) is 0 Å². The van der Waals surface area contributed by atoms with Crippen LogP contribution in [0.5, 0.6) is 0 Å². The van der Waals surface area contributed by atoms with Gasteiger partial charge in [0.2, 0.25) is 0 Å². The largest absolute Gasteiger partial charge is 0.313 e. The molecule has 2 fully saturated rings. The molecule has 1 saturated heterocycles. The summed E-state index contributed by atoms with van der Waals surface area (Å²) < 4.78 is 0. The molecule has 0 aromatic heterocycles. The fraction of sp³-hybridized carbons (Fsp3) is 1.00. The highest BCUT2D eigenvalue weighted by molar-refractivity contribution is 4.82. The highest BCUT2D eigenvalue weighted by atomic mass is 15.2. The molecule has 1 aliphatic heterocycles. The van der Waals surface area contributed by atoms with Gasteiger partial charge in [0.1, 0.15) is 0 Å². The summed E-state index contributed by atoms with van der Waals surface area (Å²) in [4.78, 5) is 2.77. The molecule has 118 valence electrons. The molecule has 2 rings (SSSR count). The van der Waals surface area contributed by atoms with Crippen LogP contribution < -0.4 is 5.32 Å². The Morgan fingerprint density at radius 1 is 0.900 bits per heavy atom. The summed E-state index contributed by atoms with van der Waals surface area (Å²) >= 11 is 0. The van der Waals surface area contributed by atoms with E-state index in [1.807, 2.05) is 0 Å². The molecule has 0 aromatic carbocycles. The number of nitrogens with zero attached hydrogens (tertiary/aromatic N) is 1. The van der Waals surface area contributed by atoms with Crippen molar-refractivity contribution in [3.63, 3.8) is 0 Å². The maximum absolute atomic E-state index is 3.66. The Bertz CT molecular complexity index is 232. The molecular formula is C18H36N2. The molecule has 1 saturated carbocycles. The second-order valence-corrected chi connectivity index (χ2v) is 7.12. The molecular weight excluding hydrogens is 244 g/mol. The summed E-state index contributed by atoms with van der Waals surface area (Å²) in [6.07, 6.45) is 15.8. The minimum atomic E-state index is 0.790. The lowest BCUT2D eigenvalue weighted by molar-refractivity contribution is 0.234. The van der Waals surface area contributed by atoms with E-state index in [1.54, 1.807) is 0 Å². The van der Waals surface area contributed by atoms with Gasteiger partial charge in [-0.3, -0.25) is 0 Å². The third kappa shape index (κ3) is 7.08. The van der Waals surface area contributed by atoms with Crippen molar-refractivity contribution in [2.45, 2.75) is 83.6 Å². The van der Waals surface area contributed by atoms with Crippen LogP contribution in [-0.2, 0) is 0 Å². The fourth-order valence-electron chi connectivity index (χ4n) is 3.44. The van der Waals surface area contributed by atoms with Crippen LogP contribution in [-0.4, -0.2) is 37.1 Å². The minimum absolute atomic E-state index is 0.790. The summed E-state index contributed by atoms with van der Waals surface area (Å²) in [5, 5.41) is 3.66. The van der Waals surface area contributed by atoms with Gasteiger partial charge in [0.05, 0.1) is 0 Å². The van der Waals surface area contributed by atoms with Gasteiger partial charge < -0.3 is 10.2 Å². The van der Waals surface area contributed by atoms with Crippen LogP contribution >= 0.6 is 0 Å². The first-order valence-electron chi connectivity index (χ1n) is 9.34. The number of hydrogen-bond donors (Lipinski definition) is 1. The van der Waals surface area contributed by atoms with E-state index in [2.05, 4.69) is 17.1 Å². The Hall–Kier alpha value is -0.0800. The number of unbranched alkanes of at least 4 members (excludes halogenated alkanes) is 6. The smallest absolute Gasteiger partial charge is 0.0195 e. The molecule has 2 heteroatoms. The van der Waals surface area contributed by atoms with Crippen LogP contribution in [0.15, 0.2) is 0 Å². The first-order chi connectivity index (χ1) is 9.88. The summed E-state index contributed by atoms with van der Waals surface area (Å²) in [6, 6.07) is 0.790. The van der Waals surface area contributed by atoms with Crippen LogP contribution in [0.4, 0.5) is 0 Å². The molecule has 0 radical (unpaired) electrons. The topological polar surface area (TPSA) is 15.3 Å². The molecule has 0 amide bonds. The fourth-order valence-corrected chi connectivity index (χ4v) is 3.44. The van der Waals surface area contributed by atoms with Crippen molar-refractivity contribution in [3.8, 4) is 0 Å². The zero-order valence-corrected chi connectivity index (χ0v) is 13.7. The van der Waals surface area contributed by atoms with E-state index >= 15 is 0 Å². The molecule has 1 heterocycles. The second kappa shape index (κ2) is 9.78. The van der Waals surface area contributed by atoms with Crippen LogP contribution in [0.2, 0.25) is 0 Å². The van der Waals surface area contributed by atoms with E-state index in [0.717, 1.165) is 12.0 Å². The SMILES string of the molecule is CCCCCCCCCN(CC1CC1)CC1CCCN1. The van der Waals surface area contributed by atoms with Gasteiger partial charge in [-0.05, 0) is 51.1 Å². The Labute approximate surface area is 126 Å². The second-order valence-electron chi connectivity index (χ2n) is 7.12. The molecule has 2 aliphatic rings. The molecule has 2 nitrogen and oxygen atoms in total. The predicted octanol–water partition coefficient (Wildman–Crippen LogP) is 4.20. The Morgan fingerprint density at radius 2 is 1.65 bits per heavy atom. The van der Waals surface area contributed by atoms with Crippen LogP contribution in [0.25, 0.3) is 0 Å². The lowest BCUT2D eigenvalue weighted by Crippen LogP contribution is -2.39. The third-order valence-electron chi connectivity index (χ3n) is 4.93. The van der Waals surface area contributed by atoms with Gasteiger partial charge >= 0.3 is 0 Å². The van der Waals surface area contributed by atoms with E-state index < -0.39 is 0 Å². The van der Waals surface area contributed by atoms with Crippen LogP contribution in [0.1, 0.15) is 77.6 Å². The van der Waals surface area contributed by atoms with Gasteiger partial charge in [-0.2, -0.15) is 0 Å². The highest BCUT2D eigenvalue weighted by Crippen LogP contribution is 2.30. The normalized spacial score (nSPS) is 22.8. The number of hydrogen-bond acceptors (Lipinski definition) is 2. The van der Waals surface area contributed by atoms with Gasteiger partial charge in [0.25, 0.3) is 0 Å². The Balaban J connectivity index is 1.52. The van der Waals surface area contributed by atoms with Crippen molar-refractivity contribution in [2.24, 2.45) is 5.92 Å². The van der Waals surface area contributed by atoms with Crippen LogP contribution in [0, 0.1) is 5.92 Å². The summed E-state index contributed by atoms with van der Waals surface area (Å²) in [5.74, 6) is 1.04. The maximum atomic E-state index is 3.66. The van der Waals surface area contributed by atoms with Crippen molar-refractivity contribution in [1.82, 2.24) is 10.2 Å². The summed E-state index contributed by atoms with van der Waals surface area (Å²) in [6.45, 7) is 7.59. The zero-order valence-electron chi connectivity index (χ0n) is 13.7. The Morgan fingerprint density at radius 3 is 2.30 bits per heavy atom. The standard InChI is InChI=1S/C18H36N2/c1-2-3-4-5-6-7-8-14-20(15-17-11-12-17)16-18-10-9-13-19-18/h17-19H,2-16H2,1H3. The zero-order chi connectivity index (χ0) is 14.0. The molecule has 1 atom stereocenters. The Kier molecular flexibility index (Phi) is 7.97. The molecule has 1 N–H and O–H groups in total. The quantitative estimate of drug-likeness (QED) is 0.539. The highest BCUT2D eigenvalue weighted by Gasteiger charge is 2.26. The monoisotopic (exact) mass is 280 g/mol. The lowest BCUT2D eigenvalue weighted by atomic mass is 10.1. The van der Waals surface area contributed by atoms with Gasteiger partial charge in [0, 0.05) is 19.1 Å². The first kappa shape index (κ1) is 16.3. The maximum Gasteiger partial charge on any atom is 0.0195 e. The molecule has 1 unspecified atom stereocenters. The lowest BCUT2D eigenvalue weighted by Gasteiger charge is -2.25. The van der Waals surface area contributed by atoms with Gasteiger partial charge in [-0.1, -0.05) is 45.4 Å². The van der Waals surface area contributed by atoms with Crippen molar-refractivity contribution >= 4 is 0 Å². The molecule has 20 heavy (non-hydrogen) atoms. The number of nitrogens with one attached hydrogen (secondary N) is 1. The van der Waals surface area contributed by atoms with E-state index in [9.17, 15) is 0 Å². The first-order valence-corrected chi connectivity index (χ1v) is 9.34. The van der Waals surface area contributed by atoms with Gasteiger partial charge in [-0.25, -0.2) is 0 Å². The van der Waals surface area contributed by atoms with E-state index in [-0.39, 0.29) is 0 Å². The van der Waals surface area contributed by atoms with Crippen molar-refractivity contribution in [2.75, 3.05) is 26.2 Å². The van der Waals surface area contributed by atoms with Crippen molar-refractivity contribution in [1.29, 1.82) is 0 Å². The molecule has 0 bridgehead atoms. The number of rotatable bonds is 12. The van der Waals surface area contributed by atoms with E-state index in [0.29, 0.717) is 0 Å². The van der Waals surface area contributed by atoms with E-state index in [4.69, 9.17) is 0 Å². The minimum Gasteiger partial charge on any atom is -0.313 e. The van der Waals surface area contributed by atoms with Crippen molar-refractivity contribution < 1.29 is 0 Å². The van der Waals surface area contributed by atoms with E-state index in [1.165, 1.54) is 96.8 Å². The van der Waals surface area contributed by atoms with Gasteiger partial charge in [0.15, 0.2) is 0 Å². The molecule has 0 spiro atoms. The average Bonchev–Trinajstić information content (AvgIpc) is 3.11.